The summed E-state index contributed by atoms with van der Waals surface area (Å²) in [7, 11) is 0. The van der Waals surface area contributed by atoms with E-state index < -0.39 is 6.04 Å². The molecule has 0 heterocycles. The van der Waals surface area contributed by atoms with Crippen LogP contribution in [-0.4, -0.2) is 35.8 Å². The standard InChI is InChI=1S/C24H32N2O2/c1-19(2)18-25-24(28)20(3)26(17-16-22-12-8-5-9-13-22)23(27)15-14-21-10-6-4-7-11-21/h4-13,19-20H,14-18H2,1-3H3,(H,25,28)/t20-/m0/s1. The Morgan fingerprint density at radius 2 is 1.39 bits per heavy atom. The summed E-state index contributed by atoms with van der Waals surface area (Å²) < 4.78 is 0. The van der Waals surface area contributed by atoms with Crippen molar-refractivity contribution in [2.45, 2.75) is 46.1 Å². The highest BCUT2D eigenvalue weighted by Crippen LogP contribution is 2.10. The lowest BCUT2D eigenvalue weighted by atomic mass is 10.1. The zero-order valence-corrected chi connectivity index (χ0v) is 17.2. The molecule has 4 heteroatoms. The molecule has 2 aromatic carbocycles. The van der Waals surface area contributed by atoms with Crippen LogP contribution in [0.5, 0.6) is 0 Å². The lowest BCUT2D eigenvalue weighted by Gasteiger charge is -2.29. The quantitative estimate of drug-likeness (QED) is 0.681. The molecule has 0 radical (unpaired) electrons. The molecule has 0 aliphatic carbocycles. The van der Waals surface area contributed by atoms with E-state index in [2.05, 4.69) is 31.3 Å². The van der Waals surface area contributed by atoms with Gasteiger partial charge in [-0.25, -0.2) is 0 Å². The van der Waals surface area contributed by atoms with E-state index in [1.807, 2.05) is 55.5 Å². The summed E-state index contributed by atoms with van der Waals surface area (Å²) in [5.41, 5.74) is 2.30. The molecule has 0 bridgehead atoms. The van der Waals surface area contributed by atoms with Gasteiger partial charge in [0.25, 0.3) is 0 Å². The molecule has 150 valence electrons. The fraction of sp³-hybridized carbons (Fsp3) is 0.417. The van der Waals surface area contributed by atoms with E-state index in [-0.39, 0.29) is 11.8 Å². The van der Waals surface area contributed by atoms with Crippen LogP contribution in [-0.2, 0) is 22.4 Å². The number of nitrogens with one attached hydrogen (secondary N) is 1. The second kappa shape index (κ2) is 11.3. The summed E-state index contributed by atoms with van der Waals surface area (Å²) in [5, 5.41) is 2.96. The topological polar surface area (TPSA) is 49.4 Å². The van der Waals surface area contributed by atoms with Gasteiger partial charge in [-0.05, 0) is 36.8 Å². The van der Waals surface area contributed by atoms with Gasteiger partial charge in [-0.1, -0.05) is 74.5 Å². The Labute approximate surface area is 169 Å². The highest BCUT2D eigenvalue weighted by atomic mass is 16.2. The Hall–Kier alpha value is -2.62. The van der Waals surface area contributed by atoms with Crippen molar-refractivity contribution in [1.82, 2.24) is 10.2 Å². The molecule has 0 unspecified atom stereocenters. The second-order valence-corrected chi connectivity index (χ2v) is 7.62. The highest BCUT2D eigenvalue weighted by molar-refractivity contribution is 5.87. The van der Waals surface area contributed by atoms with Gasteiger partial charge in [0.15, 0.2) is 0 Å². The van der Waals surface area contributed by atoms with Crippen molar-refractivity contribution in [3.8, 4) is 0 Å². The summed E-state index contributed by atoms with van der Waals surface area (Å²) in [6, 6.07) is 19.6. The van der Waals surface area contributed by atoms with Crippen LogP contribution in [0.3, 0.4) is 0 Å². The van der Waals surface area contributed by atoms with E-state index >= 15 is 0 Å². The number of amides is 2. The number of nitrogens with zero attached hydrogens (tertiary/aromatic N) is 1. The average molecular weight is 381 g/mol. The normalized spacial score (nSPS) is 11.9. The maximum atomic E-state index is 13.0. The molecule has 4 nitrogen and oxygen atoms in total. The smallest absolute Gasteiger partial charge is 0.242 e. The molecule has 0 saturated heterocycles. The minimum atomic E-state index is -0.481. The van der Waals surface area contributed by atoms with Gasteiger partial charge in [-0.3, -0.25) is 9.59 Å². The largest absolute Gasteiger partial charge is 0.354 e. The number of hydrogen-bond donors (Lipinski definition) is 1. The summed E-state index contributed by atoms with van der Waals surface area (Å²) >= 11 is 0. The Kier molecular flexibility index (Phi) is 8.73. The van der Waals surface area contributed by atoms with Gasteiger partial charge in [0, 0.05) is 19.5 Å². The molecule has 0 spiro atoms. The first-order valence-electron chi connectivity index (χ1n) is 10.1. The highest BCUT2D eigenvalue weighted by Gasteiger charge is 2.25. The van der Waals surface area contributed by atoms with Gasteiger partial charge in [0.1, 0.15) is 6.04 Å². The molecule has 0 aromatic heterocycles. The molecule has 2 amide bonds. The van der Waals surface area contributed by atoms with E-state index in [4.69, 9.17) is 0 Å². The molecule has 0 saturated carbocycles. The summed E-state index contributed by atoms with van der Waals surface area (Å²) in [5.74, 6) is 0.310. The molecule has 1 atom stereocenters. The van der Waals surface area contributed by atoms with E-state index in [0.717, 1.165) is 17.5 Å². The third kappa shape index (κ3) is 7.18. The van der Waals surface area contributed by atoms with Gasteiger partial charge in [0.05, 0.1) is 0 Å². The number of carbonyl (C=O) groups is 2. The number of hydrogen-bond acceptors (Lipinski definition) is 2. The van der Waals surface area contributed by atoms with Crippen molar-refractivity contribution in [2.75, 3.05) is 13.1 Å². The fourth-order valence-corrected chi connectivity index (χ4v) is 3.06. The van der Waals surface area contributed by atoms with Crippen LogP contribution in [0.1, 0.15) is 38.3 Å². The van der Waals surface area contributed by atoms with Crippen molar-refractivity contribution < 1.29 is 9.59 Å². The number of rotatable bonds is 10. The van der Waals surface area contributed by atoms with Gasteiger partial charge in [-0.15, -0.1) is 0 Å². The zero-order valence-electron chi connectivity index (χ0n) is 17.2. The maximum Gasteiger partial charge on any atom is 0.242 e. The van der Waals surface area contributed by atoms with Crippen LogP contribution < -0.4 is 5.32 Å². The van der Waals surface area contributed by atoms with Crippen molar-refractivity contribution in [2.24, 2.45) is 5.92 Å². The Morgan fingerprint density at radius 1 is 0.857 bits per heavy atom. The first-order valence-corrected chi connectivity index (χ1v) is 10.1. The zero-order chi connectivity index (χ0) is 20.4. The van der Waals surface area contributed by atoms with E-state index in [0.29, 0.717) is 31.8 Å². The van der Waals surface area contributed by atoms with Gasteiger partial charge >= 0.3 is 0 Å². The third-order valence-electron chi connectivity index (χ3n) is 4.81. The predicted molar refractivity (Wildman–Crippen MR) is 114 cm³/mol. The minimum absolute atomic E-state index is 0.0204. The van der Waals surface area contributed by atoms with Crippen molar-refractivity contribution >= 4 is 11.8 Å². The van der Waals surface area contributed by atoms with Crippen molar-refractivity contribution in [1.29, 1.82) is 0 Å². The second-order valence-electron chi connectivity index (χ2n) is 7.62. The molecule has 0 aliphatic rings. The van der Waals surface area contributed by atoms with Crippen LogP contribution >= 0.6 is 0 Å². The number of aryl methyl sites for hydroxylation is 1. The molecular formula is C24H32N2O2. The Bertz CT molecular complexity index is 729. The molecule has 0 aliphatic heterocycles. The average Bonchev–Trinajstić information content (AvgIpc) is 2.72. The maximum absolute atomic E-state index is 13.0. The molecule has 0 fully saturated rings. The van der Waals surface area contributed by atoms with E-state index in [1.165, 1.54) is 0 Å². The Balaban J connectivity index is 2.03. The van der Waals surface area contributed by atoms with Crippen LogP contribution in [0.2, 0.25) is 0 Å². The molecular weight excluding hydrogens is 348 g/mol. The van der Waals surface area contributed by atoms with Crippen LogP contribution in [0.25, 0.3) is 0 Å². The Morgan fingerprint density at radius 3 is 1.93 bits per heavy atom. The van der Waals surface area contributed by atoms with E-state index in [1.54, 1.807) is 4.90 Å². The lowest BCUT2D eigenvalue weighted by Crippen LogP contribution is -2.49. The monoisotopic (exact) mass is 380 g/mol. The summed E-state index contributed by atoms with van der Waals surface area (Å²) in [4.78, 5) is 27.3. The number of carbonyl (C=O) groups excluding carboxylic acids is 2. The van der Waals surface area contributed by atoms with Crippen molar-refractivity contribution in [3.63, 3.8) is 0 Å². The fourth-order valence-electron chi connectivity index (χ4n) is 3.06. The molecule has 1 N–H and O–H groups in total. The first kappa shape index (κ1) is 21.7. The molecule has 2 rings (SSSR count). The summed E-state index contributed by atoms with van der Waals surface area (Å²) in [6.45, 7) is 7.09. The minimum Gasteiger partial charge on any atom is -0.354 e. The molecule has 28 heavy (non-hydrogen) atoms. The van der Waals surface area contributed by atoms with Crippen LogP contribution in [0.4, 0.5) is 0 Å². The van der Waals surface area contributed by atoms with Gasteiger partial charge in [0.2, 0.25) is 11.8 Å². The molecule has 2 aromatic rings. The number of benzene rings is 2. The predicted octanol–water partition coefficient (Wildman–Crippen LogP) is 3.85. The SMILES string of the molecule is CC(C)CNC(=O)[C@H](C)N(CCc1ccccc1)C(=O)CCc1ccccc1. The third-order valence-corrected chi connectivity index (χ3v) is 4.81. The van der Waals surface area contributed by atoms with Crippen molar-refractivity contribution in [3.05, 3.63) is 71.8 Å². The lowest BCUT2D eigenvalue weighted by molar-refractivity contribution is -0.139. The first-order chi connectivity index (χ1) is 13.5. The van der Waals surface area contributed by atoms with Gasteiger partial charge in [-0.2, -0.15) is 0 Å². The van der Waals surface area contributed by atoms with E-state index in [9.17, 15) is 9.59 Å². The van der Waals surface area contributed by atoms with Crippen LogP contribution in [0, 0.1) is 5.92 Å². The summed E-state index contributed by atoms with van der Waals surface area (Å²) in [6.07, 6.45) is 1.82. The van der Waals surface area contributed by atoms with Crippen LogP contribution in [0.15, 0.2) is 60.7 Å². The van der Waals surface area contributed by atoms with Gasteiger partial charge < -0.3 is 10.2 Å².